The number of rotatable bonds is 3. The molecule has 0 saturated carbocycles. The number of nitrogens with one attached hydrogen (secondary N) is 1. The maximum absolute atomic E-state index is 6.34. The first-order chi connectivity index (χ1) is 11.5. The number of halogens is 1. The van der Waals surface area contributed by atoms with Crippen molar-refractivity contribution >= 4 is 29.1 Å². The fourth-order valence-corrected chi connectivity index (χ4v) is 3.39. The van der Waals surface area contributed by atoms with Crippen LogP contribution < -0.4 is 16.8 Å². The van der Waals surface area contributed by atoms with E-state index in [0.29, 0.717) is 29.9 Å². The lowest BCUT2D eigenvalue weighted by Crippen LogP contribution is -2.35. The maximum Gasteiger partial charge on any atom is 0.229 e. The van der Waals surface area contributed by atoms with Crippen LogP contribution in [0.15, 0.2) is 12.4 Å². The van der Waals surface area contributed by atoms with Gasteiger partial charge in [0.2, 0.25) is 5.95 Å². The zero-order chi connectivity index (χ0) is 16.8. The molecule has 0 aliphatic carbocycles. The molecule has 4 atom stereocenters. The Morgan fingerprint density at radius 1 is 1.29 bits per heavy atom. The maximum atomic E-state index is 6.34. The average molecular weight is 352 g/mol. The van der Waals surface area contributed by atoms with E-state index in [1.54, 1.807) is 10.9 Å². The van der Waals surface area contributed by atoms with Gasteiger partial charge in [-0.15, -0.1) is 0 Å². The van der Waals surface area contributed by atoms with Crippen LogP contribution in [0.5, 0.6) is 0 Å². The summed E-state index contributed by atoms with van der Waals surface area (Å²) in [7, 11) is 1.82. The van der Waals surface area contributed by atoms with Crippen LogP contribution in [0, 0.1) is 0 Å². The van der Waals surface area contributed by atoms with Crippen LogP contribution in [-0.2, 0) is 16.5 Å². The van der Waals surface area contributed by atoms with E-state index in [2.05, 4.69) is 20.4 Å². The fourth-order valence-electron chi connectivity index (χ4n) is 3.16. The van der Waals surface area contributed by atoms with Gasteiger partial charge in [-0.3, -0.25) is 4.68 Å². The van der Waals surface area contributed by atoms with Gasteiger partial charge in [-0.05, 0) is 0 Å². The second kappa shape index (κ2) is 5.85. The highest BCUT2D eigenvalue weighted by molar-refractivity contribution is 6.33. The van der Waals surface area contributed by atoms with Gasteiger partial charge in [-0.1, -0.05) is 11.6 Å². The summed E-state index contributed by atoms with van der Waals surface area (Å²) in [6.45, 7) is 0.899. The van der Waals surface area contributed by atoms with E-state index in [0.717, 1.165) is 5.69 Å². The summed E-state index contributed by atoms with van der Waals surface area (Å²) in [5, 5.41) is 7.49. The van der Waals surface area contributed by atoms with E-state index < -0.39 is 0 Å². The quantitative estimate of drug-likeness (QED) is 0.725. The number of fused-ring (bicyclic) bond motifs is 1. The van der Waals surface area contributed by atoms with Gasteiger partial charge in [0.25, 0.3) is 0 Å². The van der Waals surface area contributed by atoms with Crippen molar-refractivity contribution in [3.63, 3.8) is 0 Å². The molecule has 0 radical (unpaired) electrons. The third-order valence-electron chi connectivity index (χ3n) is 4.31. The topological polar surface area (TPSA) is 126 Å². The summed E-state index contributed by atoms with van der Waals surface area (Å²) in [6, 6.07) is -0.133. The van der Waals surface area contributed by atoms with Crippen LogP contribution in [0.3, 0.4) is 0 Å². The van der Waals surface area contributed by atoms with Crippen LogP contribution in [0.2, 0.25) is 5.02 Å². The molecular weight excluding hydrogens is 334 g/mol. The summed E-state index contributed by atoms with van der Waals surface area (Å²) in [5.74, 6) is 0.431. The molecule has 0 aromatic carbocycles. The summed E-state index contributed by atoms with van der Waals surface area (Å²) in [5.41, 5.74) is 13.3. The molecule has 2 aliphatic rings. The van der Waals surface area contributed by atoms with Crippen molar-refractivity contribution in [2.24, 2.45) is 12.8 Å². The van der Waals surface area contributed by atoms with Gasteiger partial charge in [0, 0.05) is 13.2 Å². The minimum absolute atomic E-state index is 0.129. The number of hydrogen-bond acceptors (Lipinski definition) is 8. The molecule has 9 nitrogen and oxygen atoms in total. The highest BCUT2D eigenvalue weighted by Gasteiger charge is 2.48. The third-order valence-corrected chi connectivity index (χ3v) is 4.69. The second-order valence-corrected chi connectivity index (χ2v) is 6.40. The van der Waals surface area contributed by atoms with Gasteiger partial charge in [0.15, 0.2) is 0 Å². The Hall–Kier alpha value is -1.94. The van der Waals surface area contributed by atoms with Crippen molar-refractivity contribution in [3.05, 3.63) is 23.1 Å². The number of nitrogen functional groups attached to an aromatic ring is 1. The van der Waals surface area contributed by atoms with Crippen molar-refractivity contribution < 1.29 is 9.47 Å². The summed E-state index contributed by atoms with van der Waals surface area (Å²) < 4.78 is 13.2. The molecule has 2 aromatic rings. The molecule has 2 saturated heterocycles. The number of aryl methyl sites for hydroxylation is 1. The number of hydrogen-bond donors (Lipinski definition) is 3. The molecule has 10 heteroatoms. The van der Waals surface area contributed by atoms with Crippen molar-refractivity contribution in [2.75, 3.05) is 24.3 Å². The summed E-state index contributed by atoms with van der Waals surface area (Å²) >= 11 is 6.34. The number of ether oxygens (including phenoxy) is 2. The van der Waals surface area contributed by atoms with Crippen molar-refractivity contribution in [3.8, 4) is 0 Å². The highest BCUT2D eigenvalue weighted by Crippen LogP contribution is 2.40. The monoisotopic (exact) mass is 351 g/mol. The number of aromatic nitrogens is 4. The second-order valence-electron chi connectivity index (χ2n) is 6.03. The van der Waals surface area contributed by atoms with Crippen LogP contribution in [0.4, 0.5) is 17.5 Å². The molecule has 0 spiro atoms. The molecule has 4 rings (SSSR count). The Kier molecular flexibility index (Phi) is 3.80. The lowest BCUT2D eigenvalue weighted by molar-refractivity contribution is 0.0687. The Labute approximate surface area is 143 Å². The van der Waals surface area contributed by atoms with E-state index in [4.69, 9.17) is 32.5 Å². The SMILES string of the molecule is Cn1cc(Nc2nc(N)c(Cl)c(C3COC4C(N)COC34)n2)cn1. The lowest BCUT2D eigenvalue weighted by Gasteiger charge is -2.18. The molecule has 24 heavy (non-hydrogen) atoms. The molecule has 2 aromatic heterocycles. The van der Waals surface area contributed by atoms with E-state index >= 15 is 0 Å². The molecule has 2 fully saturated rings. The van der Waals surface area contributed by atoms with Gasteiger partial charge >= 0.3 is 0 Å². The van der Waals surface area contributed by atoms with E-state index in [1.807, 2.05) is 13.2 Å². The Morgan fingerprint density at radius 2 is 2.08 bits per heavy atom. The molecule has 4 heterocycles. The molecule has 2 aliphatic heterocycles. The predicted octanol–water partition coefficient (Wildman–Crippen LogP) is 0.398. The Morgan fingerprint density at radius 3 is 2.83 bits per heavy atom. The van der Waals surface area contributed by atoms with E-state index in [-0.39, 0.29) is 30.0 Å². The van der Waals surface area contributed by atoms with Gasteiger partial charge in [-0.25, -0.2) is 4.98 Å². The van der Waals surface area contributed by atoms with Gasteiger partial charge in [0.05, 0.1) is 48.9 Å². The molecular formula is C14H18ClN7O2. The standard InChI is InChI=1S/C14H18ClN7O2/c1-22-3-6(2-18-22)19-14-20-10(9(15)13(17)21-14)7-4-23-12-8(16)5-24-11(7)12/h2-3,7-8,11-12H,4-5,16H2,1H3,(H3,17,19,20,21). The molecule has 0 amide bonds. The van der Waals surface area contributed by atoms with Crippen molar-refractivity contribution in [1.29, 1.82) is 0 Å². The smallest absolute Gasteiger partial charge is 0.229 e. The van der Waals surface area contributed by atoms with Gasteiger partial charge in [0.1, 0.15) is 16.9 Å². The number of nitrogens with two attached hydrogens (primary N) is 2. The third kappa shape index (κ3) is 2.59. The largest absolute Gasteiger partial charge is 0.382 e. The lowest BCUT2D eigenvalue weighted by atomic mass is 9.97. The molecule has 0 bridgehead atoms. The van der Waals surface area contributed by atoms with Crippen LogP contribution in [0.25, 0.3) is 0 Å². The first-order valence-corrected chi connectivity index (χ1v) is 7.98. The zero-order valence-electron chi connectivity index (χ0n) is 13.0. The van der Waals surface area contributed by atoms with E-state index in [9.17, 15) is 0 Å². The van der Waals surface area contributed by atoms with Crippen molar-refractivity contribution in [2.45, 2.75) is 24.2 Å². The summed E-state index contributed by atoms with van der Waals surface area (Å²) in [6.07, 6.45) is 3.17. The first kappa shape index (κ1) is 15.6. The molecule has 4 unspecified atom stereocenters. The van der Waals surface area contributed by atoms with Crippen LogP contribution in [-0.4, -0.2) is 51.2 Å². The normalized spacial score (nSPS) is 29.0. The number of nitrogens with zero attached hydrogens (tertiary/aromatic N) is 4. The molecule has 5 N–H and O–H groups in total. The van der Waals surface area contributed by atoms with Crippen LogP contribution in [0.1, 0.15) is 11.6 Å². The average Bonchev–Trinajstić information content (AvgIpc) is 3.22. The van der Waals surface area contributed by atoms with Crippen molar-refractivity contribution in [1.82, 2.24) is 19.7 Å². The number of anilines is 3. The minimum atomic E-state index is -0.168. The van der Waals surface area contributed by atoms with Gasteiger partial charge in [-0.2, -0.15) is 10.1 Å². The summed E-state index contributed by atoms with van der Waals surface area (Å²) in [4.78, 5) is 8.72. The Bertz CT molecular complexity index is 768. The molecule has 128 valence electrons. The fraction of sp³-hybridized carbons (Fsp3) is 0.500. The van der Waals surface area contributed by atoms with E-state index in [1.165, 1.54) is 0 Å². The highest BCUT2D eigenvalue weighted by atomic mass is 35.5. The minimum Gasteiger partial charge on any atom is -0.382 e. The van der Waals surface area contributed by atoms with Crippen LogP contribution >= 0.6 is 11.6 Å². The zero-order valence-corrected chi connectivity index (χ0v) is 13.8. The van der Waals surface area contributed by atoms with Gasteiger partial charge < -0.3 is 26.3 Å². The predicted molar refractivity (Wildman–Crippen MR) is 88.1 cm³/mol. The Balaban J connectivity index is 1.65. The first-order valence-electron chi connectivity index (χ1n) is 7.60.